The van der Waals surface area contributed by atoms with Gasteiger partial charge in [0.15, 0.2) is 12.6 Å². The van der Waals surface area contributed by atoms with Gasteiger partial charge in [0.2, 0.25) is 16.9 Å². The van der Waals surface area contributed by atoms with E-state index in [1.54, 1.807) is 42.5 Å². The average Bonchev–Trinajstić information content (AvgIpc) is 3.28. The third kappa shape index (κ3) is 3.43. The van der Waals surface area contributed by atoms with Crippen LogP contribution in [0.2, 0.25) is 10.0 Å². The van der Waals surface area contributed by atoms with Crippen LogP contribution in [-0.4, -0.2) is 6.79 Å². The number of furan rings is 1. The van der Waals surface area contributed by atoms with Crippen LogP contribution in [-0.2, 0) is 18.0 Å². The van der Waals surface area contributed by atoms with Crippen LogP contribution in [0.5, 0.6) is 11.5 Å². The molecular formula is C22H14Cl2O6. The van der Waals surface area contributed by atoms with Gasteiger partial charge in [-0.1, -0.05) is 23.2 Å². The number of hydrogen-bond donors (Lipinski definition) is 0. The van der Waals surface area contributed by atoms with Crippen LogP contribution in [0.3, 0.4) is 0 Å². The SMILES string of the molecule is O=c1c(OCc2cc(Cl)cc3c2OCOC3)c(-c2ccco2)oc2ccc(Cl)cc12. The van der Waals surface area contributed by atoms with Crippen molar-refractivity contribution in [2.24, 2.45) is 0 Å². The Morgan fingerprint density at radius 1 is 1.07 bits per heavy atom. The Balaban J connectivity index is 1.61. The maximum absolute atomic E-state index is 13.2. The predicted molar refractivity (Wildman–Crippen MR) is 111 cm³/mol. The predicted octanol–water partition coefficient (Wildman–Crippen LogP) is 5.81. The van der Waals surface area contributed by atoms with Crippen LogP contribution >= 0.6 is 23.2 Å². The number of hydrogen-bond acceptors (Lipinski definition) is 6. The van der Waals surface area contributed by atoms with Crippen LogP contribution in [0.15, 0.2) is 62.4 Å². The average molecular weight is 445 g/mol. The van der Waals surface area contributed by atoms with Crippen LogP contribution in [0, 0.1) is 0 Å². The number of halogens is 2. The zero-order chi connectivity index (χ0) is 20.7. The van der Waals surface area contributed by atoms with E-state index in [-0.39, 0.29) is 30.3 Å². The van der Waals surface area contributed by atoms with E-state index in [0.717, 1.165) is 5.56 Å². The van der Waals surface area contributed by atoms with Gasteiger partial charge in [0.1, 0.15) is 17.9 Å². The Kier molecular flexibility index (Phi) is 4.90. The normalized spacial score (nSPS) is 13.1. The molecule has 0 radical (unpaired) electrons. The van der Waals surface area contributed by atoms with Crippen molar-refractivity contribution in [3.05, 3.63) is 80.1 Å². The molecule has 0 unspecified atom stereocenters. The summed E-state index contributed by atoms with van der Waals surface area (Å²) < 4.78 is 28.3. The quantitative estimate of drug-likeness (QED) is 0.395. The fourth-order valence-corrected chi connectivity index (χ4v) is 3.80. The monoisotopic (exact) mass is 444 g/mol. The lowest BCUT2D eigenvalue weighted by Gasteiger charge is -2.21. The van der Waals surface area contributed by atoms with E-state index >= 15 is 0 Å². The molecule has 0 aliphatic carbocycles. The first-order valence-corrected chi connectivity index (χ1v) is 9.80. The summed E-state index contributed by atoms with van der Waals surface area (Å²) in [6.45, 7) is 0.556. The lowest BCUT2D eigenvalue weighted by Crippen LogP contribution is -2.15. The van der Waals surface area contributed by atoms with E-state index in [1.807, 2.05) is 0 Å². The summed E-state index contributed by atoms with van der Waals surface area (Å²) in [5, 5.41) is 1.25. The van der Waals surface area contributed by atoms with Gasteiger partial charge in [-0.15, -0.1) is 0 Å². The third-order valence-electron chi connectivity index (χ3n) is 4.68. The minimum Gasteiger partial charge on any atom is -0.481 e. The lowest BCUT2D eigenvalue weighted by atomic mass is 10.1. The zero-order valence-corrected chi connectivity index (χ0v) is 17.0. The number of rotatable bonds is 4. The third-order valence-corrected chi connectivity index (χ3v) is 5.13. The van der Waals surface area contributed by atoms with Crippen molar-refractivity contribution in [3.63, 3.8) is 0 Å². The molecule has 0 N–H and O–H groups in total. The second kappa shape index (κ2) is 7.72. The highest BCUT2D eigenvalue weighted by atomic mass is 35.5. The van der Waals surface area contributed by atoms with Crippen molar-refractivity contribution in [2.75, 3.05) is 6.79 Å². The molecule has 6 nitrogen and oxygen atoms in total. The van der Waals surface area contributed by atoms with Crippen LogP contribution in [0.1, 0.15) is 11.1 Å². The van der Waals surface area contributed by atoms with Gasteiger partial charge in [0.25, 0.3) is 0 Å². The molecule has 1 aliphatic heterocycles. The van der Waals surface area contributed by atoms with Gasteiger partial charge in [0, 0.05) is 21.2 Å². The van der Waals surface area contributed by atoms with Crippen molar-refractivity contribution < 1.29 is 23.0 Å². The van der Waals surface area contributed by atoms with E-state index in [9.17, 15) is 4.79 Å². The topological polar surface area (TPSA) is 71.0 Å². The Labute approximate surface area is 180 Å². The molecule has 3 heterocycles. The lowest BCUT2D eigenvalue weighted by molar-refractivity contribution is -0.0175. The van der Waals surface area contributed by atoms with Gasteiger partial charge in [-0.2, -0.15) is 0 Å². The maximum atomic E-state index is 13.2. The standard InChI is InChI=1S/C22H14Cl2O6/c23-14-3-4-17-16(8-14)19(25)22(21(30-17)18-2-1-5-27-18)28-10-13-7-15(24)6-12-9-26-11-29-20(12)13/h1-8H,9-11H2. The second-order valence-corrected chi connectivity index (χ2v) is 7.53. The summed E-state index contributed by atoms with van der Waals surface area (Å²) in [7, 11) is 0. The van der Waals surface area contributed by atoms with Gasteiger partial charge >= 0.3 is 0 Å². The molecule has 4 aromatic rings. The van der Waals surface area contributed by atoms with E-state index in [0.29, 0.717) is 44.7 Å². The maximum Gasteiger partial charge on any atom is 0.235 e. The Morgan fingerprint density at radius 3 is 2.80 bits per heavy atom. The van der Waals surface area contributed by atoms with E-state index < -0.39 is 0 Å². The molecule has 0 saturated heterocycles. The molecule has 2 aromatic carbocycles. The molecule has 8 heteroatoms. The van der Waals surface area contributed by atoms with Crippen molar-refractivity contribution in [1.29, 1.82) is 0 Å². The molecule has 30 heavy (non-hydrogen) atoms. The molecule has 2 aromatic heterocycles. The first-order valence-electron chi connectivity index (χ1n) is 9.05. The van der Waals surface area contributed by atoms with Crippen molar-refractivity contribution in [1.82, 2.24) is 0 Å². The summed E-state index contributed by atoms with van der Waals surface area (Å²) in [6.07, 6.45) is 1.49. The first-order chi connectivity index (χ1) is 14.6. The Bertz CT molecular complexity index is 1290. The van der Waals surface area contributed by atoms with E-state index in [4.69, 9.17) is 46.2 Å². The molecule has 152 valence electrons. The second-order valence-electron chi connectivity index (χ2n) is 6.66. The first kappa shape index (κ1) is 19.1. The van der Waals surface area contributed by atoms with Crippen molar-refractivity contribution in [2.45, 2.75) is 13.2 Å². The molecule has 0 bridgehead atoms. The van der Waals surface area contributed by atoms with Gasteiger partial charge in [0.05, 0.1) is 18.3 Å². The number of ether oxygens (including phenoxy) is 3. The van der Waals surface area contributed by atoms with Crippen molar-refractivity contribution in [3.8, 4) is 23.0 Å². The van der Waals surface area contributed by atoms with Gasteiger partial charge < -0.3 is 23.0 Å². The summed E-state index contributed by atoms with van der Waals surface area (Å²) in [6, 6.07) is 11.7. The highest BCUT2D eigenvalue weighted by molar-refractivity contribution is 6.31. The zero-order valence-electron chi connectivity index (χ0n) is 15.4. The molecule has 0 saturated carbocycles. The van der Waals surface area contributed by atoms with E-state index in [1.165, 1.54) is 6.26 Å². The molecule has 5 rings (SSSR count). The molecule has 0 fully saturated rings. The molecular weight excluding hydrogens is 431 g/mol. The summed E-state index contributed by atoms with van der Waals surface area (Å²) in [5.41, 5.74) is 1.53. The Hall–Kier alpha value is -2.93. The molecule has 0 amide bonds. The fourth-order valence-electron chi connectivity index (χ4n) is 3.37. The van der Waals surface area contributed by atoms with Gasteiger partial charge in [-0.25, -0.2) is 0 Å². The highest BCUT2D eigenvalue weighted by Crippen LogP contribution is 2.35. The largest absolute Gasteiger partial charge is 0.481 e. The molecule has 0 spiro atoms. The smallest absolute Gasteiger partial charge is 0.235 e. The van der Waals surface area contributed by atoms with Gasteiger partial charge in [-0.3, -0.25) is 4.79 Å². The summed E-state index contributed by atoms with van der Waals surface area (Å²) in [4.78, 5) is 13.2. The minimum absolute atomic E-state index is 0.0144. The minimum atomic E-state index is -0.356. The summed E-state index contributed by atoms with van der Waals surface area (Å²) >= 11 is 12.3. The van der Waals surface area contributed by atoms with Crippen LogP contribution in [0.25, 0.3) is 22.5 Å². The van der Waals surface area contributed by atoms with Gasteiger partial charge in [-0.05, 0) is 42.5 Å². The van der Waals surface area contributed by atoms with Crippen LogP contribution in [0.4, 0.5) is 0 Å². The highest BCUT2D eigenvalue weighted by Gasteiger charge is 2.22. The molecule has 0 atom stereocenters. The fraction of sp³-hybridized carbons (Fsp3) is 0.136. The van der Waals surface area contributed by atoms with Crippen molar-refractivity contribution >= 4 is 34.2 Å². The summed E-state index contributed by atoms with van der Waals surface area (Å²) in [5.74, 6) is 1.22. The number of benzene rings is 2. The Morgan fingerprint density at radius 2 is 1.97 bits per heavy atom. The number of fused-ring (bicyclic) bond motifs is 2. The molecule has 1 aliphatic rings. The van der Waals surface area contributed by atoms with E-state index in [2.05, 4.69) is 0 Å². The van der Waals surface area contributed by atoms with Crippen LogP contribution < -0.4 is 14.9 Å².